The van der Waals surface area contributed by atoms with Crippen molar-refractivity contribution < 1.29 is 40.6 Å². The van der Waals surface area contributed by atoms with E-state index in [2.05, 4.69) is 5.32 Å². The number of sulfonamides is 2. The summed E-state index contributed by atoms with van der Waals surface area (Å²) < 4.78 is 69.4. The Hall–Kier alpha value is -3.40. The van der Waals surface area contributed by atoms with Gasteiger partial charge in [0.1, 0.15) is 6.10 Å². The zero-order chi connectivity index (χ0) is 30.9. The maximum atomic E-state index is 12.7. The number of hydrogen-bond acceptors (Lipinski definition) is 9. The van der Waals surface area contributed by atoms with Crippen LogP contribution in [-0.2, 0) is 43.8 Å². The van der Waals surface area contributed by atoms with Crippen molar-refractivity contribution in [1.29, 1.82) is 0 Å². The third-order valence-electron chi connectivity index (χ3n) is 6.70. The van der Waals surface area contributed by atoms with Gasteiger partial charge in [-0.15, -0.1) is 0 Å². The molecule has 0 aromatic heterocycles. The van der Waals surface area contributed by atoms with Gasteiger partial charge in [-0.25, -0.2) is 21.6 Å². The molecule has 2 heterocycles. The number of amides is 1. The number of esters is 1. The Morgan fingerprint density at radius 1 is 0.767 bits per heavy atom. The molecule has 12 nitrogen and oxygen atoms in total. The molecule has 2 aromatic rings. The third-order valence-corrected chi connectivity index (χ3v) is 10.5. The van der Waals surface area contributed by atoms with Gasteiger partial charge in [0.2, 0.25) is 26.0 Å². The smallest absolute Gasteiger partial charge is 0.331 e. The first-order chi connectivity index (χ1) is 20.6. The van der Waals surface area contributed by atoms with E-state index in [0.29, 0.717) is 63.7 Å². The number of nitrogens with one attached hydrogen (secondary N) is 1. The summed E-state index contributed by atoms with van der Waals surface area (Å²) in [6.07, 6.45) is 4.99. The standard InChI is InChI=1S/C29H35N3O9S2/c1-23(41-29(34)13-7-25-4-10-27(11-5-25)43(37,38)32-16-20-40-21-17-32)22-30-28(33)12-6-24-2-8-26(9-3-24)42(35,36)31-14-18-39-19-15-31/h2-13,23H,14-22H2,1H3,(H,30,33)/b12-6+,13-7+. The van der Waals surface area contributed by atoms with Gasteiger partial charge < -0.3 is 19.5 Å². The van der Waals surface area contributed by atoms with Crippen molar-refractivity contribution in [3.63, 3.8) is 0 Å². The first-order valence-corrected chi connectivity index (χ1v) is 16.6. The Labute approximate surface area is 252 Å². The lowest BCUT2D eigenvalue weighted by Gasteiger charge is -2.26. The van der Waals surface area contributed by atoms with Crippen LogP contribution < -0.4 is 5.32 Å². The predicted molar refractivity (Wildman–Crippen MR) is 159 cm³/mol. The van der Waals surface area contributed by atoms with Crippen molar-refractivity contribution in [2.24, 2.45) is 0 Å². The van der Waals surface area contributed by atoms with Crippen molar-refractivity contribution in [3.8, 4) is 0 Å². The van der Waals surface area contributed by atoms with Gasteiger partial charge in [-0.1, -0.05) is 24.3 Å². The average molecular weight is 634 g/mol. The van der Waals surface area contributed by atoms with Crippen LogP contribution >= 0.6 is 0 Å². The van der Waals surface area contributed by atoms with E-state index in [0.717, 1.165) is 0 Å². The van der Waals surface area contributed by atoms with Crippen molar-refractivity contribution >= 4 is 44.1 Å². The molecule has 1 unspecified atom stereocenters. The van der Waals surface area contributed by atoms with E-state index in [-0.39, 0.29) is 16.3 Å². The van der Waals surface area contributed by atoms with Gasteiger partial charge in [0.05, 0.1) is 42.8 Å². The lowest BCUT2D eigenvalue weighted by Crippen LogP contribution is -2.40. The number of carbonyl (C=O) groups is 2. The number of benzene rings is 2. The second-order valence-corrected chi connectivity index (χ2v) is 13.7. The Balaban J connectivity index is 1.20. The van der Waals surface area contributed by atoms with Crippen LogP contribution in [0.3, 0.4) is 0 Å². The van der Waals surface area contributed by atoms with E-state index in [1.54, 1.807) is 37.3 Å². The van der Waals surface area contributed by atoms with Gasteiger partial charge in [0.25, 0.3) is 0 Å². The minimum atomic E-state index is -3.60. The molecule has 2 saturated heterocycles. The number of morpholine rings is 2. The molecule has 2 aliphatic rings. The molecule has 2 aromatic carbocycles. The van der Waals surface area contributed by atoms with Crippen molar-refractivity contribution in [1.82, 2.24) is 13.9 Å². The van der Waals surface area contributed by atoms with Crippen LogP contribution in [0, 0.1) is 0 Å². The molecular formula is C29H35N3O9S2. The van der Waals surface area contributed by atoms with Crippen molar-refractivity contribution in [2.45, 2.75) is 22.8 Å². The van der Waals surface area contributed by atoms with E-state index in [4.69, 9.17) is 14.2 Å². The SMILES string of the molecule is CC(CNC(=O)/C=C/c1ccc(S(=O)(=O)N2CCOCC2)cc1)OC(=O)/C=C/c1ccc(S(=O)(=O)N2CCOCC2)cc1. The molecule has 43 heavy (non-hydrogen) atoms. The second kappa shape index (κ2) is 14.9. The number of rotatable bonds is 11. The molecule has 4 rings (SSSR count). The molecule has 0 saturated carbocycles. The molecule has 1 amide bonds. The van der Waals surface area contributed by atoms with E-state index in [1.807, 2.05) is 0 Å². The highest BCUT2D eigenvalue weighted by Gasteiger charge is 2.27. The predicted octanol–water partition coefficient (Wildman–Crippen LogP) is 1.50. The first kappa shape index (κ1) is 32.5. The monoisotopic (exact) mass is 633 g/mol. The molecule has 0 radical (unpaired) electrons. The van der Waals surface area contributed by atoms with Gasteiger partial charge in [-0.3, -0.25) is 4.79 Å². The van der Waals surface area contributed by atoms with Gasteiger partial charge in [-0.05, 0) is 54.5 Å². The second-order valence-electron chi connectivity index (χ2n) is 9.83. The minimum absolute atomic E-state index is 0.0770. The summed E-state index contributed by atoms with van der Waals surface area (Å²) in [6.45, 7) is 4.41. The summed E-state index contributed by atoms with van der Waals surface area (Å²) >= 11 is 0. The molecule has 2 aliphatic heterocycles. The lowest BCUT2D eigenvalue weighted by molar-refractivity contribution is -0.142. The third kappa shape index (κ3) is 9.05. The zero-order valence-corrected chi connectivity index (χ0v) is 25.4. The largest absolute Gasteiger partial charge is 0.458 e. The number of nitrogens with zero attached hydrogens (tertiary/aromatic N) is 2. The number of hydrogen-bond donors (Lipinski definition) is 1. The number of carbonyl (C=O) groups excluding carboxylic acids is 2. The summed E-state index contributed by atoms with van der Waals surface area (Å²) in [7, 11) is -7.19. The average Bonchev–Trinajstić information content (AvgIpc) is 3.03. The Morgan fingerprint density at radius 3 is 1.63 bits per heavy atom. The quantitative estimate of drug-likeness (QED) is 0.287. The summed E-state index contributed by atoms with van der Waals surface area (Å²) in [5.74, 6) is -1.02. The van der Waals surface area contributed by atoms with Gasteiger partial charge in [0.15, 0.2) is 0 Å². The summed E-state index contributed by atoms with van der Waals surface area (Å²) in [5.41, 5.74) is 1.27. The molecular weight excluding hydrogens is 598 g/mol. The topological polar surface area (TPSA) is 149 Å². The highest BCUT2D eigenvalue weighted by molar-refractivity contribution is 7.89. The molecule has 0 spiro atoms. The fourth-order valence-electron chi connectivity index (χ4n) is 4.29. The van der Waals surface area contributed by atoms with E-state index < -0.39 is 38.0 Å². The highest BCUT2D eigenvalue weighted by atomic mass is 32.2. The number of ether oxygens (including phenoxy) is 3. The molecule has 14 heteroatoms. The minimum Gasteiger partial charge on any atom is -0.458 e. The lowest BCUT2D eigenvalue weighted by atomic mass is 10.2. The molecule has 0 bridgehead atoms. The fourth-order valence-corrected chi connectivity index (χ4v) is 7.11. The van der Waals surface area contributed by atoms with E-state index in [1.165, 1.54) is 51.1 Å². The van der Waals surface area contributed by atoms with Gasteiger partial charge in [0, 0.05) is 38.3 Å². The van der Waals surface area contributed by atoms with Crippen LogP contribution in [0.1, 0.15) is 18.1 Å². The Kier molecular flexibility index (Phi) is 11.2. The summed E-state index contributed by atoms with van der Waals surface area (Å²) in [5, 5.41) is 2.65. The Bertz CT molecular complexity index is 1530. The summed E-state index contributed by atoms with van der Waals surface area (Å²) in [6, 6.07) is 12.4. The van der Waals surface area contributed by atoms with Crippen molar-refractivity contribution in [3.05, 3.63) is 71.8 Å². The highest BCUT2D eigenvalue weighted by Crippen LogP contribution is 2.19. The van der Waals surface area contributed by atoms with E-state index >= 15 is 0 Å². The first-order valence-electron chi connectivity index (χ1n) is 13.8. The zero-order valence-electron chi connectivity index (χ0n) is 23.8. The van der Waals surface area contributed by atoms with Crippen LogP contribution in [0.4, 0.5) is 0 Å². The molecule has 2 fully saturated rings. The molecule has 1 atom stereocenters. The molecule has 0 aliphatic carbocycles. The Morgan fingerprint density at radius 2 is 1.19 bits per heavy atom. The van der Waals surface area contributed by atoms with Crippen LogP contribution in [0.25, 0.3) is 12.2 Å². The van der Waals surface area contributed by atoms with Gasteiger partial charge in [-0.2, -0.15) is 8.61 Å². The molecule has 1 N–H and O–H groups in total. The maximum absolute atomic E-state index is 12.7. The van der Waals surface area contributed by atoms with Crippen LogP contribution in [0.5, 0.6) is 0 Å². The van der Waals surface area contributed by atoms with Crippen molar-refractivity contribution in [2.75, 3.05) is 59.2 Å². The van der Waals surface area contributed by atoms with E-state index in [9.17, 15) is 26.4 Å². The normalized spacial score (nSPS) is 18.1. The van der Waals surface area contributed by atoms with Crippen LogP contribution in [0.2, 0.25) is 0 Å². The van der Waals surface area contributed by atoms with Crippen LogP contribution in [-0.4, -0.2) is 103 Å². The summed E-state index contributed by atoms with van der Waals surface area (Å²) in [4.78, 5) is 24.8. The van der Waals surface area contributed by atoms with Gasteiger partial charge >= 0.3 is 5.97 Å². The molecule has 232 valence electrons. The maximum Gasteiger partial charge on any atom is 0.331 e. The van der Waals surface area contributed by atoms with Crippen LogP contribution in [0.15, 0.2) is 70.5 Å². The fraction of sp³-hybridized carbons (Fsp3) is 0.379.